The van der Waals surface area contributed by atoms with Crippen LogP contribution >= 0.6 is 0 Å². The average Bonchev–Trinajstić information content (AvgIpc) is 1.89. The average molecular weight is 124 g/mol. The van der Waals surface area contributed by atoms with Gasteiger partial charge in [0.1, 0.15) is 12.1 Å². The molecule has 1 atom stereocenters. The first-order valence-electron chi connectivity index (χ1n) is 2.99. The van der Waals surface area contributed by atoms with Crippen molar-refractivity contribution in [1.29, 1.82) is 0 Å². The number of ketones is 1. The number of hydrogen-bond donors (Lipinski definition) is 0. The van der Waals surface area contributed by atoms with Crippen LogP contribution in [0.1, 0.15) is 12.8 Å². The van der Waals surface area contributed by atoms with Gasteiger partial charge < -0.3 is 4.79 Å². The number of carbonyl (C=O) groups is 2. The Morgan fingerprint density at radius 3 is 2.89 bits per heavy atom. The lowest BCUT2D eigenvalue weighted by Crippen LogP contribution is -2.15. The molecule has 0 aliphatic heterocycles. The van der Waals surface area contributed by atoms with Gasteiger partial charge in [-0.2, -0.15) is 0 Å². The highest BCUT2D eigenvalue weighted by Crippen LogP contribution is 2.10. The quantitative estimate of drug-likeness (QED) is 0.293. The van der Waals surface area contributed by atoms with Crippen molar-refractivity contribution in [2.24, 2.45) is 5.92 Å². The summed E-state index contributed by atoms with van der Waals surface area (Å²) in [4.78, 5) is 20.8. The molecule has 0 radical (unpaired) electrons. The lowest BCUT2D eigenvalue weighted by molar-refractivity contribution is -0.125. The molecule has 1 aliphatic rings. The van der Waals surface area contributed by atoms with Gasteiger partial charge in [0.15, 0.2) is 0 Å². The Labute approximate surface area is 53.6 Å². The Bertz CT molecular complexity index is 158. The maximum Gasteiger partial charge on any atom is 0.147 e. The summed E-state index contributed by atoms with van der Waals surface area (Å²) < 4.78 is 0. The van der Waals surface area contributed by atoms with Crippen LogP contribution in [0.3, 0.4) is 0 Å². The molecule has 1 unspecified atom stereocenters. The fourth-order valence-electron chi connectivity index (χ4n) is 0.864. The minimum atomic E-state index is -0.446. The summed E-state index contributed by atoms with van der Waals surface area (Å²) in [5, 5.41) is 0. The van der Waals surface area contributed by atoms with Crippen LogP contribution in [-0.4, -0.2) is 12.1 Å². The van der Waals surface area contributed by atoms with Gasteiger partial charge in [0, 0.05) is 6.42 Å². The van der Waals surface area contributed by atoms with Gasteiger partial charge in [-0.15, -0.1) is 0 Å². The van der Waals surface area contributed by atoms with Crippen LogP contribution in [0.25, 0.3) is 0 Å². The molecule has 0 saturated carbocycles. The second kappa shape index (κ2) is 2.58. The number of rotatable bonds is 1. The Balaban J connectivity index is 2.67. The molecular formula is C7H8O2. The summed E-state index contributed by atoms with van der Waals surface area (Å²) in [5.41, 5.74) is 0. The van der Waals surface area contributed by atoms with Gasteiger partial charge in [-0.25, -0.2) is 0 Å². The van der Waals surface area contributed by atoms with Gasteiger partial charge in [0.2, 0.25) is 0 Å². The van der Waals surface area contributed by atoms with E-state index in [0.717, 1.165) is 6.42 Å². The predicted molar refractivity (Wildman–Crippen MR) is 32.9 cm³/mol. The molecule has 48 valence electrons. The summed E-state index contributed by atoms with van der Waals surface area (Å²) in [6, 6.07) is 0. The molecule has 0 amide bonds. The maximum atomic E-state index is 10.7. The molecular weight excluding hydrogens is 116 g/mol. The van der Waals surface area contributed by atoms with Crippen molar-refractivity contribution >= 4 is 12.1 Å². The van der Waals surface area contributed by atoms with E-state index in [2.05, 4.69) is 0 Å². The zero-order chi connectivity index (χ0) is 6.69. The Kier molecular flexibility index (Phi) is 1.78. The molecule has 0 aromatic heterocycles. The van der Waals surface area contributed by atoms with E-state index in [1.54, 1.807) is 6.08 Å². The highest BCUT2D eigenvalue weighted by molar-refractivity contribution is 5.95. The van der Waals surface area contributed by atoms with Crippen LogP contribution in [0.4, 0.5) is 0 Å². The van der Waals surface area contributed by atoms with Crippen molar-refractivity contribution in [2.45, 2.75) is 12.8 Å². The zero-order valence-corrected chi connectivity index (χ0v) is 5.04. The second-order valence-electron chi connectivity index (χ2n) is 2.10. The van der Waals surface area contributed by atoms with Gasteiger partial charge in [0.05, 0.1) is 5.92 Å². The molecule has 0 aromatic carbocycles. The summed E-state index contributed by atoms with van der Waals surface area (Å²) in [6.45, 7) is 0. The molecule has 1 aliphatic carbocycles. The van der Waals surface area contributed by atoms with Gasteiger partial charge in [-0.3, -0.25) is 4.79 Å². The van der Waals surface area contributed by atoms with E-state index >= 15 is 0 Å². The fourth-order valence-corrected chi connectivity index (χ4v) is 0.864. The number of allylic oxidation sites excluding steroid dienone is 2. The summed E-state index contributed by atoms with van der Waals surface area (Å²) in [5.74, 6) is -0.397. The Morgan fingerprint density at radius 2 is 2.44 bits per heavy atom. The molecule has 2 heteroatoms. The minimum absolute atomic E-state index is 0.0486. The first-order chi connectivity index (χ1) is 4.34. The van der Waals surface area contributed by atoms with Crippen molar-refractivity contribution in [2.75, 3.05) is 0 Å². The monoisotopic (exact) mass is 124 g/mol. The van der Waals surface area contributed by atoms with E-state index < -0.39 is 5.92 Å². The van der Waals surface area contributed by atoms with Crippen LogP contribution in [0.15, 0.2) is 12.2 Å². The molecule has 0 spiro atoms. The van der Waals surface area contributed by atoms with Crippen LogP contribution < -0.4 is 0 Å². The zero-order valence-electron chi connectivity index (χ0n) is 5.04. The Morgan fingerprint density at radius 1 is 1.67 bits per heavy atom. The molecule has 0 bridgehead atoms. The van der Waals surface area contributed by atoms with Gasteiger partial charge in [-0.1, -0.05) is 12.2 Å². The first kappa shape index (κ1) is 6.20. The number of Topliss-reactive ketones (excluding diaryl/α,β-unsaturated/α-hetero) is 1. The number of hydrogen-bond acceptors (Lipinski definition) is 2. The van der Waals surface area contributed by atoms with Crippen LogP contribution in [0.5, 0.6) is 0 Å². The molecule has 0 heterocycles. The van der Waals surface area contributed by atoms with E-state index in [9.17, 15) is 9.59 Å². The molecule has 0 aromatic rings. The minimum Gasteiger partial charge on any atom is -0.302 e. The third kappa shape index (κ3) is 1.25. The first-order valence-corrected chi connectivity index (χ1v) is 2.99. The lowest BCUT2D eigenvalue weighted by atomic mass is 9.96. The number of aldehydes is 1. The lowest BCUT2D eigenvalue weighted by Gasteiger charge is -2.06. The second-order valence-corrected chi connectivity index (χ2v) is 2.10. The highest BCUT2D eigenvalue weighted by Gasteiger charge is 2.15. The molecule has 0 saturated heterocycles. The normalized spacial score (nSPS) is 26.2. The van der Waals surface area contributed by atoms with Crippen molar-refractivity contribution in [1.82, 2.24) is 0 Å². The molecule has 9 heavy (non-hydrogen) atoms. The largest absolute Gasteiger partial charge is 0.302 e. The molecule has 0 fully saturated rings. The summed E-state index contributed by atoms with van der Waals surface area (Å²) in [7, 11) is 0. The molecule has 2 nitrogen and oxygen atoms in total. The summed E-state index contributed by atoms with van der Waals surface area (Å²) >= 11 is 0. The Hall–Kier alpha value is -0.920. The van der Waals surface area contributed by atoms with Crippen molar-refractivity contribution in [3.8, 4) is 0 Å². The third-order valence-corrected chi connectivity index (χ3v) is 1.42. The van der Waals surface area contributed by atoms with Crippen molar-refractivity contribution < 1.29 is 9.59 Å². The molecule has 1 rings (SSSR count). The van der Waals surface area contributed by atoms with Crippen LogP contribution in [0.2, 0.25) is 0 Å². The van der Waals surface area contributed by atoms with Crippen LogP contribution in [-0.2, 0) is 9.59 Å². The third-order valence-electron chi connectivity index (χ3n) is 1.42. The summed E-state index contributed by atoms with van der Waals surface area (Å²) in [6.07, 6.45) is 5.56. The van der Waals surface area contributed by atoms with E-state index in [0.29, 0.717) is 12.7 Å². The smallest absolute Gasteiger partial charge is 0.147 e. The van der Waals surface area contributed by atoms with Gasteiger partial charge in [0.25, 0.3) is 0 Å². The SMILES string of the molecule is O=CC1C=CCCC1=O. The van der Waals surface area contributed by atoms with Crippen LogP contribution in [0, 0.1) is 5.92 Å². The highest BCUT2D eigenvalue weighted by atomic mass is 16.1. The predicted octanol–water partition coefficient (Wildman–Crippen LogP) is 0.721. The van der Waals surface area contributed by atoms with Gasteiger partial charge in [-0.05, 0) is 6.42 Å². The van der Waals surface area contributed by atoms with E-state index in [-0.39, 0.29) is 5.78 Å². The van der Waals surface area contributed by atoms with Crippen molar-refractivity contribution in [3.05, 3.63) is 12.2 Å². The van der Waals surface area contributed by atoms with Gasteiger partial charge >= 0.3 is 0 Å². The maximum absolute atomic E-state index is 10.7. The fraction of sp³-hybridized carbons (Fsp3) is 0.429. The standard InChI is InChI=1S/C7H8O2/c8-5-6-3-1-2-4-7(6)9/h1,3,5-6H,2,4H2. The van der Waals surface area contributed by atoms with E-state index in [1.165, 1.54) is 0 Å². The van der Waals surface area contributed by atoms with E-state index in [1.807, 2.05) is 6.08 Å². The number of carbonyl (C=O) groups excluding carboxylic acids is 2. The molecule has 0 N–H and O–H groups in total. The van der Waals surface area contributed by atoms with Crippen molar-refractivity contribution in [3.63, 3.8) is 0 Å². The topological polar surface area (TPSA) is 34.1 Å². The van der Waals surface area contributed by atoms with E-state index in [4.69, 9.17) is 0 Å².